The highest BCUT2D eigenvalue weighted by Gasteiger charge is 2.34. The molecule has 134 valence electrons. The summed E-state index contributed by atoms with van der Waals surface area (Å²) in [4.78, 5) is 24.4. The number of rotatable bonds is 4. The molecule has 0 aromatic carbocycles. The van der Waals surface area contributed by atoms with E-state index in [9.17, 15) is 18.0 Å². The van der Waals surface area contributed by atoms with Crippen LogP contribution >= 0.6 is 0 Å². The van der Waals surface area contributed by atoms with Crippen molar-refractivity contribution in [2.24, 2.45) is 0 Å². The molecule has 1 aromatic heterocycles. The van der Waals surface area contributed by atoms with E-state index in [1.54, 1.807) is 26.0 Å². The van der Waals surface area contributed by atoms with Gasteiger partial charge in [0.15, 0.2) is 5.69 Å². The molecular formula is C14H21F3N6O. The van der Waals surface area contributed by atoms with Crippen molar-refractivity contribution < 1.29 is 18.0 Å². The quantitative estimate of drug-likeness (QED) is 0.853. The van der Waals surface area contributed by atoms with Gasteiger partial charge in [0.25, 0.3) is 0 Å². The van der Waals surface area contributed by atoms with Crippen LogP contribution < -0.4 is 15.1 Å². The van der Waals surface area contributed by atoms with Gasteiger partial charge >= 0.3 is 6.18 Å². The summed E-state index contributed by atoms with van der Waals surface area (Å²) in [6, 6.07) is 0.936. The summed E-state index contributed by atoms with van der Waals surface area (Å²) >= 11 is 0. The van der Waals surface area contributed by atoms with Crippen molar-refractivity contribution in [2.75, 3.05) is 63.7 Å². The second-order valence-corrected chi connectivity index (χ2v) is 5.74. The first kappa shape index (κ1) is 18.2. The van der Waals surface area contributed by atoms with Gasteiger partial charge < -0.3 is 15.1 Å². The van der Waals surface area contributed by atoms with Crippen molar-refractivity contribution in [3.8, 4) is 0 Å². The summed E-state index contributed by atoms with van der Waals surface area (Å²) < 4.78 is 39.1. The summed E-state index contributed by atoms with van der Waals surface area (Å²) in [7, 11) is 4.83. The van der Waals surface area contributed by atoms with Crippen molar-refractivity contribution in [1.82, 2.24) is 20.2 Å². The number of halogens is 3. The average molecular weight is 346 g/mol. The molecule has 1 aromatic rings. The van der Waals surface area contributed by atoms with E-state index in [2.05, 4.69) is 15.3 Å². The normalized spacial score (nSPS) is 16.2. The number of aromatic nitrogens is 2. The fourth-order valence-corrected chi connectivity index (χ4v) is 2.33. The zero-order chi connectivity index (χ0) is 17.9. The highest BCUT2D eigenvalue weighted by molar-refractivity contribution is 5.77. The number of nitrogens with zero attached hydrogens (tertiary/aromatic N) is 5. The number of carbonyl (C=O) groups is 1. The molecular weight excluding hydrogens is 325 g/mol. The second-order valence-electron chi connectivity index (χ2n) is 5.74. The predicted molar refractivity (Wildman–Crippen MR) is 84.1 cm³/mol. The molecule has 0 saturated carbocycles. The van der Waals surface area contributed by atoms with Crippen LogP contribution in [0.1, 0.15) is 5.69 Å². The molecule has 2 rings (SSSR count). The summed E-state index contributed by atoms with van der Waals surface area (Å²) in [5.74, 6) is 0.182. The summed E-state index contributed by atoms with van der Waals surface area (Å²) in [6.45, 7) is 2.32. The Morgan fingerprint density at radius 1 is 1.25 bits per heavy atom. The molecule has 10 heteroatoms. The third kappa shape index (κ3) is 4.47. The van der Waals surface area contributed by atoms with Crippen LogP contribution in [0.25, 0.3) is 0 Å². The average Bonchev–Trinajstić information content (AvgIpc) is 2.54. The number of carbonyl (C=O) groups excluding carboxylic acids is 1. The van der Waals surface area contributed by atoms with E-state index in [0.717, 1.165) is 6.07 Å². The monoisotopic (exact) mass is 346 g/mol. The molecule has 1 N–H and O–H groups in total. The highest BCUT2D eigenvalue weighted by atomic mass is 19.4. The Morgan fingerprint density at radius 2 is 1.88 bits per heavy atom. The maximum absolute atomic E-state index is 13.0. The minimum atomic E-state index is -4.52. The van der Waals surface area contributed by atoms with Crippen LogP contribution in [0.3, 0.4) is 0 Å². The molecule has 1 aliphatic rings. The lowest BCUT2D eigenvalue weighted by Crippen LogP contribution is -2.49. The van der Waals surface area contributed by atoms with Crippen molar-refractivity contribution in [3.63, 3.8) is 0 Å². The van der Waals surface area contributed by atoms with Crippen LogP contribution in [0.15, 0.2) is 6.07 Å². The minimum Gasteiger partial charge on any atom is -0.363 e. The number of likely N-dealkylation sites (N-methyl/N-ethyl adjacent to an activating group) is 1. The van der Waals surface area contributed by atoms with E-state index in [0.29, 0.717) is 26.2 Å². The van der Waals surface area contributed by atoms with E-state index in [-0.39, 0.29) is 24.2 Å². The Morgan fingerprint density at radius 3 is 2.38 bits per heavy atom. The van der Waals surface area contributed by atoms with Gasteiger partial charge in [-0.3, -0.25) is 9.69 Å². The van der Waals surface area contributed by atoms with Crippen LogP contribution in [0.5, 0.6) is 0 Å². The molecule has 0 aliphatic carbocycles. The van der Waals surface area contributed by atoms with Crippen molar-refractivity contribution >= 4 is 17.7 Å². The number of hydrogen-bond acceptors (Lipinski definition) is 6. The van der Waals surface area contributed by atoms with Crippen LogP contribution in [-0.2, 0) is 11.0 Å². The number of anilines is 2. The lowest BCUT2D eigenvalue weighted by atomic mass is 10.3. The Kier molecular flexibility index (Phi) is 5.47. The van der Waals surface area contributed by atoms with Gasteiger partial charge in [0, 0.05) is 53.4 Å². The lowest BCUT2D eigenvalue weighted by molar-refractivity contribution is -0.141. The summed E-state index contributed by atoms with van der Waals surface area (Å²) in [6.07, 6.45) is -4.52. The molecule has 0 unspecified atom stereocenters. The Hall–Kier alpha value is -2.10. The molecule has 1 saturated heterocycles. The summed E-state index contributed by atoms with van der Waals surface area (Å²) in [5, 5.41) is 2.55. The molecule has 24 heavy (non-hydrogen) atoms. The van der Waals surface area contributed by atoms with Crippen molar-refractivity contribution in [3.05, 3.63) is 11.8 Å². The molecule has 0 radical (unpaired) electrons. The van der Waals surface area contributed by atoms with Crippen molar-refractivity contribution in [1.29, 1.82) is 0 Å². The first-order chi connectivity index (χ1) is 11.2. The van der Waals surface area contributed by atoms with Crippen LogP contribution in [-0.4, -0.2) is 74.6 Å². The second kappa shape index (κ2) is 7.20. The zero-order valence-electron chi connectivity index (χ0n) is 13.9. The highest BCUT2D eigenvalue weighted by Crippen LogP contribution is 2.31. The van der Waals surface area contributed by atoms with Gasteiger partial charge in [0.05, 0.1) is 6.54 Å². The maximum atomic E-state index is 13.0. The fraction of sp³-hybridized carbons (Fsp3) is 0.643. The molecule has 0 spiro atoms. The zero-order valence-corrected chi connectivity index (χ0v) is 13.9. The van der Waals surface area contributed by atoms with Crippen LogP contribution in [0, 0.1) is 0 Å². The molecule has 1 aliphatic heterocycles. The van der Waals surface area contributed by atoms with Crippen LogP contribution in [0.2, 0.25) is 0 Å². The Labute approximate surface area is 138 Å². The van der Waals surface area contributed by atoms with Gasteiger partial charge in [-0.15, -0.1) is 0 Å². The number of nitrogens with one attached hydrogen (secondary N) is 1. The first-order valence-corrected chi connectivity index (χ1v) is 7.52. The van der Waals surface area contributed by atoms with Gasteiger partial charge in [0.1, 0.15) is 5.82 Å². The number of piperazine rings is 1. The fourth-order valence-electron chi connectivity index (χ4n) is 2.33. The topological polar surface area (TPSA) is 64.6 Å². The third-order valence-corrected chi connectivity index (χ3v) is 3.75. The van der Waals surface area contributed by atoms with Gasteiger partial charge in [-0.05, 0) is 0 Å². The molecule has 1 fully saturated rings. The van der Waals surface area contributed by atoms with Crippen molar-refractivity contribution in [2.45, 2.75) is 6.18 Å². The van der Waals surface area contributed by atoms with E-state index in [1.807, 2.05) is 4.90 Å². The maximum Gasteiger partial charge on any atom is 0.433 e. The van der Waals surface area contributed by atoms with Gasteiger partial charge in [0.2, 0.25) is 11.9 Å². The van der Waals surface area contributed by atoms with Gasteiger partial charge in [-0.2, -0.15) is 18.2 Å². The molecule has 7 nitrogen and oxygen atoms in total. The van der Waals surface area contributed by atoms with E-state index in [4.69, 9.17) is 0 Å². The van der Waals surface area contributed by atoms with E-state index >= 15 is 0 Å². The Bertz CT molecular complexity index is 584. The minimum absolute atomic E-state index is 0.0631. The number of amides is 1. The molecule has 1 amide bonds. The van der Waals surface area contributed by atoms with E-state index < -0.39 is 11.9 Å². The van der Waals surface area contributed by atoms with Crippen LogP contribution in [0.4, 0.5) is 24.9 Å². The van der Waals surface area contributed by atoms with Gasteiger partial charge in [-0.25, -0.2) is 4.98 Å². The standard InChI is InChI=1S/C14H21F3N6O/c1-18-12(24)9-22-4-6-23(7-5-22)13-19-10(14(15,16)17)8-11(20-13)21(2)3/h8H,4-7,9H2,1-3H3,(H,18,24). The first-order valence-electron chi connectivity index (χ1n) is 7.52. The predicted octanol–water partition coefficient (Wildman–Crippen LogP) is 0.429. The smallest absolute Gasteiger partial charge is 0.363 e. The molecule has 0 atom stereocenters. The molecule has 0 bridgehead atoms. The third-order valence-electron chi connectivity index (χ3n) is 3.75. The van der Waals surface area contributed by atoms with E-state index in [1.165, 1.54) is 4.90 Å². The summed E-state index contributed by atoms with van der Waals surface area (Å²) in [5.41, 5.74) is -0.955. The SMILES string of the molecule is CNC(=O)CN1CCN(c2nc(N(C)C)cc(C(F)(F)F)n2)CC1. The lowest BCUT2D eigenvalue weighted by Gasteiger charge is -2.34. The molecule has 2 heterocycles. The number of hydrogen-bond donors (Lipinski definition) is 1. The number of alkyl halides is 3. The van der Waals surface area contributed by atoms with Gasteiger partial charge in [-0.1, -0.05) is 0 Å². The Balaban J connectivity index is 2.15. The largest absolute Gasteiger partial charge is 0.433 e.